The summed E-state index contributed by atoms with van der Waals surface area (Å²) < 4.78 is 31.1. The fourth-order valence-corrected chi connectivity index (χ4v) is 2.96. The van der Waals surface area contributed by atoms with E-state index in [0.29, 0.717) is 0 Å². The first kappa shape index (κ1) is 15.9. The van der Waals surface area contributed by atoms with Crippen molar-refractivity contribution >= 4 is 27.6 Å². The normalized spacial score (nSPS) is 13.2. The van der Waals surface area contributed by atoms with Gasteiger partial charge in [0.25, 0.3) is 0 Å². The maximum absolute atomic E-state index is 12.0. The minimum atomic E-state index is -3.79. The fourth-order valence-electron chi connectivity index (χ4n) is 1.38. The van der Waals surface area contributed by atoms with Gasteiger partial charge in [0, 0.05) is 13.7 Å². The van der Waals surface area contributed by atoms with Crippen LogP contribution < -0.4 is 4.72 Å². The molecule has 1 aromatic rings. The minimum absolute atomic E-state index is 0.0538. The third kappa shape index (κ3) is 4.79. The highest BCUT2D eigenvalue weighted by Crippen LogP contribution is 2.20. The number of halogens is 1. The maximum atomic E-state index is 12.0. The number of aliphatic carboxylic acids is 1. The predicted octanol–water partition coefficient (Wildman–Crippen LogP) is 1.11. The number of carboxylic acid groups (broad SMARTS) is 1. The van der Waals surface area contributed by atoms with Crippen LogP contribution in [0.25, 0.3) is 0 Å². The third-order valence-electron chi connectivity index (χ3n) is 2.36. The predicted molar refractivity (Wildman–Crippen MR) is 69.7 cm³/mol. The van der Waals surface area contributed by atoms with E-state index in [1.807, 2.05) is 0 Å². The van der Waals surface area contributed by atoms with Crippen LogP contribution in [0.4, 0.5) is 0 Å². The second-order valence-corrected chi connectivity index (χ2v) is 5.88. The van der Waals surface area contributed by atoms with Crippen LogP contribution in [-0.2, 0) is 19.6 Å². The van der Waals surface area contributed by atoms with Crippen LogP contribution in [0, 0.1) is 0 Å². The Labute approximate surface area is 116 Å². The van der Waals surface area contributed by atoms with Gasteiger partial charge in [0.2, 0.25) is 10.0 Å². The van der Waals surface area contributed by atoms with E-state index in [4.69, 9.17) is 21.4 Å². The molecule has 2 N–H and O–H groups in total. The highest BCUT2D eigenvalue weighted by Gasteiger charge is 2.20. The second-order valence-electron chi connectivity index (χ2n) is 3.74. The molecule has 106 valence electrons. The quantitative estimate of drug-likeness (QED) is 0.787. The number of sulfonamides is 1. The molecule has 0 bridgehead atoms. The smallest absolute Gasteiger partial charge is 0.306 e. The monoisotopic (exact) mass is 307 g/mol. The zero-order chi connectivity index (χ0) is 14.5. The Kier molecular flexibility index (Phi) is 5.74. The van der Waals surface area contributed by atoms with E-state index in [2.05, 4.69) is 4.72 Å². The van der Waals surface area contributed by atoms with Gasteiger partial charge >= 0.3 is 5.97 Å². The first-order chi connectivity index (χ1) is 8.86. The van der Waals surface area contributed by atoms with Crippen molar-refractivity contribution in [2.45, 2.75) is 17.4 Å². The van der Waals surface area contributed by atoms with Gasteiger partial charge in [-0.2, -0.15) is 0 Å². The summed E-state index contributed by atoms with van der Waals surface area (Å²) in [6.07, 6.45) is -1.03. The molecule has 0 fully saturated rings. The van der Waals surface area contributed by atoms with Crippen molar-refractivity contribution in [3.8, 4) is 0 Å². The zero-order valence-electron chi connectivity index (χ0n) is 10.2. The van der Waals surface area contributed by atoms with Crippen molar-refractivity contribution in [1.29, 1.82) is 0 Å². The number of rotatable bonds is 7. The van der Waals surface area contributed by atoms with Gasteiger partial charge in [0.15, 0.2) is 0 Å². The average Bonchev–Trinajstić information content (AvgIpc) is 2.34. The number of ether oxygens (including phenoxy) is 1. The van der Waals surface area contributed by atoms with E-state index in [9.17, 15) is 13.2 Å². The molecular weight excluding hydrogens is 294 g/mol. The Morgan fingerprint density at radius 2 is 2.11 bits per heavy atom. The largest absolute Gasteiger partial charge is 0.481 e. The van der Waals surface area contributed by atoms with Crippen molar-refractivity contribution in [3.05, 3.63) is 29.3 Å². The molecule has 0 aliphatic carbocycles. The van der Waals surface area contributed by atoms with Crippen molar-refractivity contribution in [1.82, 2.24) is 4.72 Å². The van der Waals surface area contributed by atoms with Crippen LogP contribution in [0.3, 0.4) is 0 Å². The first-order valence-corrected chi connectivity index (χ1v) is 7.21. The Morgan fingerprint density at radius 3 is 2.63 bits per heavy atom. The number of hydrogen-bond acceptors (Lipinski definition) is 4. The molecule has 1 rings (SSSR count). The van der Waals surface area contributed by atoms with Gasteiger partial charge in [-0.3, -0.25) is 4.79 Å². The molecule has 0 aromatic heterocycles. The molecule has 19 heavy (non-hydrogen) atoms. The molecule has 6 nitrogen and oxygen atoms in total. The fraction of sp³-hybridized carbons (Fsp3) is 0.364. The number of hydrogen-bond donors (Lipinski definition) is 2. The molecule has 0 heterocycles. The average molecular weight is 308 g/mol. The van der Waals surface area contributed by atoms with Crippen LogP contribution >= 0.6 is 11.6 Å². The summed E-state index contributed by atoms with van der Waals surface area (Å²) in [5.41, 5.74) is 0. The number of nitrogens with one attached hydrogen (secondary N) is 1. The Bertz CT molecular complexity index is 546. The molecule has 8 heteroatoms. The summed E-state index contributed by atoms with van der Waals surface area (Å²) >= 11 is 5.80. The molecule has 0 radical (unpaired) electrons. The van der Waals surface area contributed by atoms with Gasteiger partial charge in [0.1, 0.15) is 4.90 Å². The molecular formula is C11H14ClNO5S. The van der Waals surface area contributed by atoms with E-state index < -0.39 is 22.1 Å². The van der Waals surface area contributed by atoms with Crippen molar-refractivity contribution < 1.29 is 23.1 Å². The highest BCUT2D eigenvalue weighted by molar-refractivity contribution is 7.89. The lowest BCUT2D eigenvalue weighted by atomic mass is 10.2. The summed E-state index contributed by atoms with van der Waals surface area (Å²) in [5, 5.41) is 8.73. The molecule has 0 aliphatic heterocycles. The Morgan fingerprint density at radius 1 is 1.47 bits per heavy atom. The van der Waals surface area contributed by atoms with Gasteiger partial charge in [-0.1, -0.05) is 23.7 Å². The van der Waals surface area contributed by atoms with E-state index in [1.165, 1.54) is 19.2 Å². The molecule has 1 aromatic carbocycles. The van der Waals surface area contributed by atoms with Crippen LogP contribution in [0.5, 0.6) is 0 Å². The standard InChI is InChI=1S/C11H14ClNO5S/c1-18-8(6-11(14)15)7-13-19(16,17)10-5-3-2-4-9(10)12/h2-5,8,13H,6-7H2,1H3,(H,14,15). The van der Waals surface area contributed by atoms with Crippen LogP contribution in [0.15, 0.2) is 29.2 Å². The van der Waals surface area contributed by atoms with Gasteiger partial charge in [0.05, 0.1) is 17.5 Å². The third-order valence-corrected chi connectivity index (χ3v) is 4.29. The molecule has 0 amide bonds. The molecule has 0 spiro atoms. The number of methoxy groups -OCH3 is 1. The number of benzene rings is 1. The Balaban J connectivity index is 2.76. The van der Waals surface area contributed by atoms with Gasteiger partial charge < -0.3 is 9.84 Å². The molecule has 1 atom stereocenters. The van der Waals surface area contributed by atoms with E-state index in [0.717, 1.165) is 0 Å². The lowest BCUT2D eigenvalue weighted by Crippen LogP contribution is -2.34. The summed E-state index contributed by atoms with van der Waals surface area (Å²) in [6, 6.07) is 5.99. The highest BCUT2D eigenvalue weighted by atomic mass is 35.5. The second kappa shape index (κ2) is 6.85. The summed E-state index contributed by atoms with van der Waals surface area (Å²) in [5.74, 6) is -1.07. The van der Waals surface area contributed by atoms with Gasteiger partial charge in [-0.25, -0.2) is 13.1 Å². The van der Waals surface area contributed by atoms with Crippen LogP contribution in [0.2, 0.25) is 5.02 Å². The Hall–Kier alpha value is -1.15. The molecule has 0 saturated heterocycles. The van der Waals surface area contributed by atoms with Crippen LogP contribution in [0.1, 0.15) is 6.42 Å². The molecule has 1 unspecified atom stereocenters. The van der Waals surface area contributed by atoms with E-state index >= 15 is 0 Å². The lowest BCUT2D eigenvalue weighted by molar-refractivity contribution is -0.139. The minimum Gasteiger partial charge on any atom is -0.481 e. The van der Waals surface area contributed by atoms with Crippen molar-refractivity contribution in [3.63, 3.8) is 0 Å². The number of carboxylic acids is 1. The van der Waals surface area contributed by atoms with Crippen LogP contribution in [-0.4, -0.2) is 39.3 Å². The summed E-state index contributed by atoms with van der Waals surface area (Å²) in [6.45, 7) is -0.143. The zero-order valence-corrected chi connectivity index (χ0v) is 11.7. The molecule has 0 saturated carbocycles. The lowest BCUT2D eigenvalue weighted by Gasteiger charge is -2.14. The maximum Gasteiger partial charge on any atom is 0.306 e. The van der Waals surface area contributed by atoms with E-state index in [1.54, 1.807) is 12.1 Å². The van der Waals surface area contributed by atoms with Crippen molar-refractivity contribution in [2.24, 2.45) is 0 Å². The first-order valence-electron chi connectivity index (χ1n) is 5.35. The molecule has 0 aliphatic rings. The van der Waals surface area contributed by atoms with E-state index in [-0.39, 0.29) is 22.9 Å². The summed E-state index contributed by atoms with van der Waals surface area (Å²) in [7, 11) is -2.47. The SMILES string of the molecule is COC(CNS(=O)(=O)c1ccccc1Cl)CC(=O)O. The van der Waals surface area contributed by atoms with Gasteiger partial charge in [-0.15, -0.1) is 0 Å². The summed E-state index contributed by atoms with van der Waals surface area (Å²) in [4.78, 5) is 10.5. The topological polar surface area (TPSA) is 92.7 Å². The van der Waals surface area contributed by atoms with Gasteiger partial charge in [-0.05, 0) is 12.1 Å². The van der Waals surface area contributed by atoms with Crippen molar-refractivity contribution in [2.75, 3.05) is 13.7 Å². The number of carbonyl (C=O) groups is 1.